The molecule has 13 heterocycles. The highest BCUT2D eigenvalue weighted by molar-refractivity contribution is 7.19. The van der Waals surface area contributed by atoms with Gasteiger partial charge in [-0.25, -0.2) is 29.9 Å². The van der Waals surface area contributed by atoms with E-state index in [1.165, 1.54) is 72.9 Å². The topological polar surface area (TPSA) is 160 Å². The van der Waals surface area contributed by atoms with Crippen molar-refractivity contribution in [2.45, 2.75) is 116 Å². The van der Waals surface area contributed by atoms with Crippen molar-refractivity contribution in [3.8, 4) is 12.1 Å². The van der Waals surface area contributed by atoms with Crippen LogP contribution in [0, 0.1) is 51.7 Å². The molecular formula is C72H76F9N15S3. The molecule has 1 N–H and O–H groups in total. The van der Waals surface area contributed by atoms with E-state index in [9.17, 15) is 44.8 Å². The number of alkyl halides is 9. The molecule has 27 heteroatoms. The highest BCUT2D eigenvalue weighted by Gasteiger charge is 2.48. The van der Waals surface area contributed by atoms with E-state index in [-0.39, 0.29) is 9.75 Å². The van der Waals surface area contributed by atoms with E-state index in [2.05, 4.69) is 121 Å². The Morgan fingerprint density at radius 2 is 0.970 bits per heavy atom. The minimum Gasteiger partial charge on any atom is -0.356 e. The van der Waals surface area contributed by atoms with Gasteiger partial charge < -0.3 is 24.6 Å². The lowest BCUT2D eigenvalue weighted by Crippen LogP contribution is -2.61. The number of aromatic nitrogens is 7. The van der Waals surface area contributed by atoms with Gasteiger partial charge in [-0.05, 0) is 144 Å². The average molecular weight is 1420 g/mol. The third kappa shape index (κ3) is 15.1. The zero-order valence-electron chi connectivity index (χ0n) is 55.4. The summed E-state index contributed by atoms with van der Waals surface area (Å²) in [6.07, 6.45) is -0.173. The van der Waals surface area contributed by atoms with E-state index < -0.39 is 37.8 Å². The number of rotatable bonds is 13. The Morgan fingerprint density at radius 1 is 0.535 bits per heavy atom. The van der Waals surface area contributed by atoms with Gasteiger partial charge >= 0.3 is 18.5 Å². The standard InChI is InChI=1S/C26H25F3N6S.C26H24F3N5S.C20H27F3N4S/c1-16-17(2-3-22-20(16)8-18(11-30)33-22)12-34-13-25(14-34)4-6-35(7-5-25)23-21-9-19(10-26(27,28)29)36-24(21)32-15-31-23;27-26(28,29)11-20-10-22-23(31-16-32-24(22)35-20)34-7-5-25(6-8-34)14-33(15-25)13-19-3-2-18-9-17(12-30)1-4-21(18)19;1-3-14(2)10-26-11-19(12-26)4-6-27(7-5-19)17-16-8-15(9-20(21,22)23)28-18(16)25-13-24-17/h2-3,8-9,15,33H,4-7,10,12-14H2,1H3;1,3-4,9-10,16H,2,5-8,11,13-15H2;8,13-14H,3-7,9-12H2,1-2H3. The molecule has 9 aromatic rings. The zero-order valence-corrected chi connectivity index (χ0v) is 57.8. The SMILES string of the molecule is CCC(C)CN1CC2(CCN(c3ncnc4sc(CC(F)(F)F)cc34)CC2)C1.Cc1c(CN2CC3(CCN(c4ncnc5sc(CC(F)(F)F)cc45)CC3)C2)ccc2[nH]c(C#N)cc12.N#Cc1ccc2c(c1)CC=C2CN1CC2(CCN(c3ncnc4sc(CC(F)(F)F)cc34)CC2)C1. The molecule has 16 rings (SSSR count). The van der Waals surface area contributed by atoms with Crippen molar-refractivity contribution in [2.24, 2.45) is 22.2 Å². The summed E-state index contributed by atoms with van der Waals surface area (Å²) in [7, 11) is 0. The van der Waals surface area contributed by atoms with Crippen LogP contribution in [0.5, 0.6) is 0 Å². The Kier molecular flexibility index (Phi) is 18.8. The van der Waals surface area contributed by atoms with Gasteiger partial charge in [-0.2, -0.15) is 50.0 Å². The molecule has 6 aliphatic heterocycles. The van der Waals surface area contributed by atoms with Gasteiger partial charge in [0.05, 0.1) is 47.1 Å². The first-order valence-corrected chi connectivity index (χ1v) is 36.3. The predicted molar refractivity (Wildman–Crippen MR) is 371 cm³/mol. The van der Waals surface area contributed by atoms with E-state index in [0.29, 0.717) is 46.9 Å². The lowest BCUT2D eigenvalue weighted by molar-refractivity contribution is -0.127. The Balaban J connectivity index is 0.000000128. The first-order valence-electron chi connectivity index (χ1n) is 33.9. The largest absolute Gasteiger partial charge is 0.393 e. The van der Waals surface area contributed by atoms with E-state index in [1.54, 1.807) is 18.2 Å². The van der Waals surface area contributed by atoms with E-state index in [4.69, 9.17) is 5.26 Å². The van der Waals surface area contributed by atoms with Crippen LogP contribution in [0.1, 0.15) is 107 Å². The highest BCUT2D eigenvalue weighted by atomic mass is 32.1. The quantitative estimate of drug-likeness (QED) is 0.109. The fraction of sp³-hybridized carbons (Fsp3) is 0.500. The smallest absolute Gasteiger partial charge is 0.356 e. The molecule has 6 fully saturated rings. The molecule has 520 valence electrons. The molecule has 3 spiro atoms. The lowest BCUT2D eigenvalue weighted by atomic mass is 9.71. The first-order chi connectivity index (χ1) is 47.3. The van der Waals surface area contributed by atoms with Gasteiger partial charge in [0.25, 0.3) is 0 Å². The van der Waals surface area contributed by atoms with Gasteiger partial charge in [0, 0.05) is 124 Å². The summed E-state index contributed by atoms with van der Waals surface area (Å²) in [6, 6.07) is 21.4. The molecule has 0 saturated carbocycles. The van der Waals surface area contributed by atoms with Crippen LogP contribution < -0.4 is 14.7 Å². The third-order valence-electron chi connectivity index (χ3n) is 21.4. The second kappa shape index (κ2) is 27.1. The minimum atomic E-state index is -4.23. The summed E-state index contributed by atoms with van der Waals surface area (Å²) in [5, 5.41) is 21.6. The van der Waals surface area contributed by atoms with Gasteiger partial charge in [0.1, 0.15) is 62.7 Å². The second-order valence-electron chi connectivity index (χ2n) is 28.7. The van der Waals surface area contributed by atoms with Crippen LogP contribution in [0.15, 0.2) is 79.7 Å². The number of H-pyrrole nitrogens is 1. The summed E-state index contributed by atoms with van der Waals surface area (Å²) < 4.78 is 115. The Hall–Kier alpha value is -7.53. The van der Waals surface area contributed by atoms with Crippen LogP contribution in [0.25, 0.3) is 47.1 Å². The van der Waals surface area contributed by atoms with Gasteiger partial charge in [-0.1, -0.05) is 38.5 Å². The van der Waals surface area contributed by atoms with Crippen LogP contribution in [-0.2, 0) is 32.2 Å². The molecule has 1 aliphatic carbocycles. The third-order valence-corrected chi connectivity index (χ3v) is 24.6. The van der Waals surface area contributed by atoms with Crippen molar-refractivity contribution < 1.29 is 39.5 Å². The van der Waals surface area contributed by atoms with Crippen LogP contribution in [0.3, 0.4) is 0 Å². The summed E-state index contributed by atoms with van der Waals surface area (Å²) in [6.45, 7) is 21.5. The molecule has 1 atom stereocenters. The monoisotopic (exact) mass is 1420 g/mol. The first kappa shape index (κ1) is 68.6. The number of fused-ring (bicyclic) bond motifs is 5. The number of benzene rings is 2. The van der Waals surface area contributed by atoms with Crippen molar-refractivity contribution in [1.82, 2.24) is 49.6 Å². The maximum absolute atomic E-state index is 12.9. The molecule has 99 heavy (non-hydrogen) atoms. The Labute approximate surface area is 580 Å². The number of nitriles is 2. The van der Waals surface area contributed by atoms with Crippen molar-refractivity contribution >= 4 is 98.6 Å². The number of thiophene rings is 3. The van der Waals surface area contributed by atoms with E-state index in [0.717, 1.165) is 208 Å². The fourth-order valence-electron chi connectivity index (χ4n) is 16.2. The van der Waals surface area contributed by atoms with Crippen molar-refractivity contribution in [3.63, 3.8) is 0 Å². The number of hydrogen-bond donors (Lipinski definition) is 1. The molecule has 0 amide bonds. The molecule has 15 nitrogen and oxygen atoms in total. The zero-order chi connectivity index (χ0) is 69.2. The number of nitrogens with zero attached hydrogens (tertiary/aromatic N) is 14. The number of allylic oxidation sites excluding steroid dienone is 1. The van der Waals surface area contributed by atoms with E-state index >= 15 is 0 Å². The number of likely N-dealkylation sites (tertiary alicyclic amines) is 3. The Bertz CT molecular complexity index is 4550. The second-order valence-corrected chi connectivity index (χ2v) is 32.1. The summed E-state index contributed by atoms with van der Waals surface area (Å²) >= 11 is 3.33. The minimum absolute atomic E-state index is 0.277. The lowest BCUT2D eigenvalue weighted by Gasteiger charge is -2.55. The maximum Gasteiger partial charge on any atom is 0.393 e. The summed E-state index contributed by atoms with van der Waals surface area (Å²) in [5.74, 6) is 3.05. The summed E-state index contributed by atoms with van der Waals surface area (Å²) in [5.41, 5.74) is 9.69. The number of halogens is 9. The molecule has 7 aromatic heterocycles. The van der Waals surface area contributed by atoms with Gasteiger partial charge in [0.2, 0.25) is 0 Å². The van der Waals surface area contributed by atoms with Crippen molar-refractivity contribution in [1.29, 1.82) is 10.5 Å². The van der Waals surface area contributed by atoms with Crippen LogP contribution in [0.2, 0.25) is 0 Å². The van der Waals surface area contributed by atoms with Crippen molar-refractivity contribution in [3.05, 3.63) is 128 Å². The number of hydrogen-bond acceptors (Lipinski definition) is 17. The summed E-state index contributed by atoms with van der Waals surface area (Å²) in [4.78, 5) is 46.0. The van der Waals surface area contributed by atoms with Gasteiger partial charge in [-0.15, -0.1) is 34.0 Å². The molecule has 2 aromatic carbocycles. The number of piperidine rings is 3. The number of nitrogens with one attached hydrogen (secondary N) is 1. The van der Waals surface area contributed by atoms with Crippen molar-refractivity contribution in [2.75, 3.05) is 106 Å². The number of aryl methyl sites for hydroxylation is 1. The molecule has 7 aliphatic rings. The van der Waals surface area contributed by atoms with Crippen LogP contribution in [0.4, 0.5) is 57.0 Å². The van der Waals surface area contributed by atoms with Gasteiger partial charge in [0.15, 0.2) is 0 Å². The normalized spacial score (nSPS) is 19.5. The average Bonchev–Trinajstić information content (AvgIpc) is 1.34. The van der Waals surface area contributed by atoms with Crippen LogP contribution >= 0.6 is 34.0 Å². The number of anilines is 3. The Morgan fingerprint density at radius 3 is 1.38 bits per heavy atom. The van der Waals surface area contributed by atoms with E-state index in [1.807, 2.05) is 18.2 Å². The highest BCUT2D eigenvalue weighted by Crippen LogP contribution is 2.48. The maximum atomic E-state index is 12.9. The molecule has 0 radical (unpaired) electrons. The fourth-order valence-corrected chi connectivity index (χ4v) is 19.3. The van der Waals surface area contributed by atoms with Crippen LogP contribution in [-0.4, -0.2) is 160 Å². The molecule has 1 unspecified atom stereocenters. The number of aromatic amines is 1. The van der Waals surface area contributed by atoms with Gasteiger partial charge in [-0.3, -0.25) is 9.80 Å². The predicted octanol–water partition coefficient (Wildman–Crippen LogP) is 15.5. The molecule has 0 bridgehead atoms. The molecule has 6 saturated heterocycles. The molecular weight excluding hydrogens is 1340 g/mol.